The summed E-state index contributed by atoms with van der Waals surface area (Å²) in [5, 5.41) is 0.251. The van der Waals surface area contributed by atoms with Gasteiger partial charge in [-0.05, 0) is 31.1 Å². The largest absolute Gasteiger partial charge is 0.327 e. The highest BCUT2D eigenvalue weighted by atomic mass is 32.2. The molecule has 0 amide bonds. The summed E-state index contributed by atoms with van der Waals surface area (Å²) in [5.74, 6) is 2.03. The van der Waals surface area contributed by atoms with Crippen LogP contribution in [0.3, 0.4) is 0 Å². The van der Waals surface area contributed by atoms with Gasteiger partial charge < -0.3 is 5.73 Å². The zero-order valence-corrected chi connectivity index (χ0v) is 10.3. The molecule has 1 rings (SSSR count). The van der Waals surface area contributed by atoms with E-state index in [2.05, 4.69) is 20.8 Å². The molecule has 1 aliphatic carbocycles. The van der Waals surface area contributed by atoms with Gasteiger partial charge in [0, 0.05) is 22.6 Å². The Kier molecular flexibility index (Phi) is 4.58. The van der Waals surface area contributed by atoms with Crippen LogP contribution in [0.15, 0.2) is 0 Å². The van der Waals surface area contributed by atoms with E-state index >= 15 is 0 Å². The van der Waals surface area contributed by atoms with Gasteiger partial charge in [0.15, 0.2) is 0 Å². The van der Waals surface area contributed by atoms with Crippen molar-refractivity contribution >= 4 is 10.8 Å². The monoisotopic (exact) mass is 217 g/mol. The SMILES string of the molecule is CC(C)CS(=O)C1CC(C)CCC1N. The molecule has 1 fully saturated rings. The molecule has 0 saturated heterocycles. The Morgan fingerprint density at radius 2 is 2.07 bits per heavy atom. The third kappa shape index (κ3) is 3.35. The maximum Gasteiger partial charge on any atom is 0.0501 e. The fourth-order valence-corrected chi connectivity index (χ4v) is 4.08. The average Bonchev–Trinajstić information content (AvgIpc) is 2.08. The van der Waals surface area contributed by atoms with Gasteiger partial charge in [0.1, 0.15) is 0 Å². The molecule has 0 radical (unpaired) electrons. The van der Waals surface area contributed by atoms with Gasteiger partial charge in [-0.3, -0.25) is 4.21 Å². The summed E-state index contributed by atoms with van der Waals surface area (Å²) in [6, 6.07) is 0.172. The summed E-state index contributed by atoms with van der Waals surface area (Å²) < 4.78 is 12.0. The Bertz CT molecular complexity index is 205. The third-order valence-electron chi connectivity index (χ3n) is 2.94. The first-order valence-corrected chi connectivity index (χ1v) is 7.01. The second kappa shape index (κ2) is 5.26. The van der Waals surface area contributed by atoms with E-state index in [1.54, 1.807) is 0 Å². The van der Waals surface area contributed by atoms with Crippen LogP contribution in [0.5, 0.6) is 0 Å². The van der Waals surface area contributed by atoms with Gasteiger partial charge in [-0.2, -0.15) is 0 Å². The van der Waals surface area contributed by atoms with Crippen LogP contribution < -0.4 is 5.73 Å². The van der Waals surface area contributed by atoms with Crippen LogP contribution in [0.2, 0.25) is 0 Å². The molecule has 0 aromatic heterocycles. The van der Waals surface area contributed by atoms with E-state index in [1.807, 2.05) is 0 Å². The summed E-state index contributed by atoms with van der Waals surface area (Å²) >= 11 is 0. The zero-order valence-electron chi connectivity index (χ0n) is 9.53. The maximum absolute atomic E-state index is 12.0. The Balaban J connectivity index is 2.51. The molecule has 0 aromatic carbocycles. The minimum Gasteiger partial charge on any atom is -0.327 e. The highest BCUT2D eigenvalue weighted by Crippen LogP contribution is 2.27. The first-order valence-electron chi connectivity index (χ1n) is 5.63. The van der Waals surface area contributed by atoms with E-state index in [0.717, 1.165) is 18.6 Å². The topological polar surface area (TPSA) is 43.1 Å². The zero-order chi connectivity index (χ0) is 10.7. The van der Waals surface area contributed by atoms with Crippen LogP contribution in [-0.2, 0) is 10.8 Å². The van der Waals surface area contributed by atoms with Crippen molar-refractivity contribution in [3.63, 3.8) is 0 Å². The van der Waals surface area contributed by atoms with Gasteiger partial charge in [0.2, 0.25) is 0 Å². The van der Waals surface area contributed by atoms with Crippen molar-refractivity contribution in [3.8, 4) is 0 Å². The van der Waals surface area contributed by atoms with Crippen LogP contribution in [0, 0.1) is 11.8 Å². The van der Waals surface area contributed by atoms with E-state index in [1.165, 1.54) is 6.42 Å². The fourth-order valence-electron chi connectivity index (χ4n) is 2.11. The van der Waals surface area contributed by atoms with Gasteiger partial charge >= 0.3 is 0 Å². The Morgan fingerprint density at radius 3 is 2.64 bits per heavy atom. The van der Waals surface area contributed by atoms with Crippen molar-refractivity contribution in [2.75, 3.05) is 5.75 Å². The second-order valence-electron chi connectivity index (χ2n) is 5.06. The first kappa shape index (κ1) is 12.2. The highest BCUT2D eigenvalue weighted by molar-refractivity contribution is 7.85. The van der Waals surface area contributed by atoms with Gasteiger partial charge in [0.05, 0.1) is 5.25 Å². The smallest absolute Gasteiger partial charge is 0.0501 e. The predicted octanol–water partition coefficient (Wildman–Crippen LogP) is 1.91. The normalized spacial score (nSPS) is 35.9. The molecule has 0 aliphatic heterocycles. The number of rotatable bonds is 3. The van der Waals surface area contributed by atoms with Gasteiger partial charge in [0.25, 0.3) is 0 Å². The van der Waals surface area contributed by atoms with Crippen molar-refractivity contribution in [3.05, 3.63) is 0 Å². The molecule has 4 unspecified atom stereocenters. The number of nitrogens with two attached hydrogens (primary N) is 1. The van der Waals surface area contributed by atoms with E-state index < -0.39 is 10.8 Å². The van der Waals surface area contributed by atoms with Gasteiger partial charge in [-0.1, -0.05) is 20.8 Å². The first-order chi connectivity index (χ1) is 6.50. The van der Waals surface area contributed by atoms with Gasteiger partial charge in [-0.25, -0.2) is 0 Å². The highest BCUT2D eigenvalue weighted by Gasteiger charge is 2.30. The summed E-state index contributed by atoms with van der Waals surface area (Å²) in [6.45, 7) is 6.48. The van der Waals surface area contributed by atoms with Crippen molar-refractivity contribution < 1.29 is 4.21 Å². The molecule has 14 heavy (non-hydrogen) atoms. The van der Waals surface area contributed by atoms with Crippen LogP contribution in [-0.4, -0.2) is 21.3 Å². The van der Waals surface area contributed by atoms with Crippen molar-refractivity contribution in [1.29, 1.82) is 0 Å². The molecule has 84 valence electrons. The van der Waals surface area contributed by atoms with Crippen molar-refractivity contribution in [2.24, 2.45) is 17.6 Å². The summed E-state index contributed by atoms with van der Waals surface area (Å²) in [4.78, 5) is 0. The molecule has 4 atom stereocenters. The maximum atomic E-state index is 12.0. The third-order valence-corrected chi connectivity index (χ3v) is 5.15. The number of hydrogen-bond donors (Lipinski definition) is 1. The van der Waals surface area contributed by atoms with E-state index in [-0.39, 0.29) is 11.3 Å². The lowest BCUT2D eigenvalue weighted by atomic mass is 9.87. The molecule has 0 bridgehead atoms. The van der Waals surface area contributed by atoms with Crippen LogP contribution in [0.1, 0.15) is 40.0 Å². The molecular weight excluding hydrogens is 194 g/mol. The van der Waals surface area contributed by atoms with Crippen LogP contribution in [0.4, 0.5) is 0 Å². The van der Waals surface area contributed by atoms with E-state index in [4.69, 9.17) is 5.73 Å². The minimum atomic E-state index is -0.712. The molecule has 1 aliphatic rings. The Hall–Kier alpha value is 0.110. The molecule has 0 heterocycles. The lowest BCUT2D eigenvalue weighted by Gasteiger charge is -2.32. The van der Waals surface area contributed by atoms with Crippen LogP contribution in [0.25, 0.3) is 0 Å². The van der Waals surface area contributed by atoms with Crippen molar-refractivity contribution in [1.82, 2.24) is 0 Å². The Labute approximate surface area is 90.1 Å². The Morgan fingerprint density at radius 1 is 1.43 bits per heavy atom. The molecule has 2 N–H and O–H groups in total. The average molecular weight is 217 g/mol. The number of hydrogen-bond acceptors (Lipinski definition) is 2. The summed E-state index contributed by atoms with van der Waals surface area (Å²) in [7, 11) is -0.712. The molecular formula is C11H23NOS. The molecule has 3 heteroatoms. The summed E-state index contributed by atoms with van der Waals surface area (Å²) in [6.07, 6.45) is 3.31. The molecule has 0 aromatic rings. The fraction of sp³-hybridized carbons (Fsp3) is 1.00. The van der Waals surface area contributed by atoms with Crippen molar-refractivity contribution in [2.45, 2.75) is 51.3 Å². The van der Waals surface area contributed by atoms with Gasteiger partial charge in [-0.15, -0.1) is 0 Å². The molecule has 0 spiro atoms. The second-order valence-corrected chi connectivity index (χ2v) is 6.76. The summed E-state index contributed by atoms with van der Waals surface area (Å²) in [5.41, 5.74) is 6.02. The molecule has 2 nitrogen and oxygen atoms in total. The standard InChI is InChI=1S/C11H23NOS/c1-8(2)7-14(13)11-6-9(3)4-5-10(11)12/h8-11H,4-7,12H2,1-3H3. The minimum absolute atomic E-state index is 0.172. The lowest BCUT2D eigenvalue weighted by molar-refractivity contribution is 0.352. The quantitative estimate of drug-likeness (QED) is 0.784. The lowest BCUT2D eigenvalue weighted by Crippen LogP contribution is -2.43. The van der Waals surface area contributed by atoms with Crippen LogP contribution >= 0.6 is 0 Å². The van der Waals surface area contributed by atoms with E-state index in [9.17, 15) is 4.21 Å². The predicted molar refractivity (Wildman–Crippen MR) is 62.6 cm³/mol. The van der Waals surface area contributed by atoms with E-state index in [0.29, 0.717) is 11.8 Å². The molecule has 1 saturated carbocycles.